The second kappa shape index (κ2) is 6.18. The number of carboxylic acid groups (broad SMARTS) is 2. The predicted octanol–water partition coefficient (Wildman–Crippen LogP) is 1.01. The molecule has 6 nitrogen and oxygen atoms in total. The Kier molecular flexibility index (Phi) is 4.85. The highest BCUT2D eigenvalue weighted by atomic mass is 16.4. The van der Waals surface area contributed by atoms with Gasteiger partial charge in [-0.1, -0.05) is 30.3 Å². The summed E-state index contributed by atoms with van der Waals surface area (Å²) in [4.78, 5) is 33.8. The lowest BCUT2D eigenvalue weighted by molar-refractivity contribution is -0.147. The smallest absolute Gasteiger partial charge is 0.326 e. The van der Waals surface area contributed by atoms with Gasteiger partial charge in [-0.05, 0) is 19.4 Å². The fourth-order valence-corrected chi connectivity index (χ4v) is 1.70. The second-order valence-electron chi connectivity index (χ2n) is 4.95. The van der Waals surface area contributed by atoms with Crippen LogP contribution in [0.25, 0.3) is 0 Å². The van der Waals surface area contributed by atoms with Crippen molar-refractivity contribution >= 4 is 17.8 Å². The quantitative estimate of drug-likeness (QED) is 0.721. The van der Waals surface area contributed by atoms with Gasteiger partial charge in [0.2, 0.25) is 5.91 Å². The molecule has 1 atom stereocenters. The Morgan fingerprint density at radius 1 is 1.15 bits per heavy atom. The van der Waals surface area contributed by atoms with E-state index in [0.717, 1.165) is 5.56 Å². The molecule has 1 amide bonds. The average Bonchev–Trinajstić information content (AvgIpc) is 2.38. The molecule has 0 bridgehead atoms. The summed E-state index contributed by atoms with van der Waals surface area (Å²) in [6.07, 6.45) is -0.661. The molecule has 3 N–H and O–H groups in total. The van der Waals surface area contributed by atoms with Gasteiger partial charge < -0.3 is 15.5 Å². The van der Waals surface area contributed by atoms with E-state index in [1.807, 2.05) is 6.07 Å². The zero-order valence-corrected chi connectivity index (χ0v) is 11.3. The Hall–Kier alpha value is -2.37. The van der Waals surface area contributed by atoms with Crippen LogP contribution in [0.2, 0.25) is 0 Å². The molecule has 0 spiro atoms. The molecule has 1 aromatic carbocycles. The maximum absolute atomic E-state index is 12.2. The maximum Gasteiger partial charge on any atom is 0.326 e. The molecule has 0 fully saturated rings. The van der Waals surface area contributed by atoms with E-state index in [4.69, 9.17) is 10.2 Å². The number of rotatable bonds is 6. The molecule has 20 heavy (non-hydrogen) atoms. The van der Waals surface area contributed by atoms with E-state index in [1.165, 1.54) is 0 Å². The summed E-state index contributed by atoms with van der Waals surface area (Å²) >= 11 is 0. The summed E-state index contributed by atoms with van der Waals surface area (Å²) < 4.78 is 0. The number of carbonyl (C=O) groups excluding carboxylic acids is 1. The highest BCUT2D eigenvalue weighted by molar-refractivity contribution is 5.92. The van der Waals surface area contributed by atoms with Crippen LogP contribution in [0, 0.1) is 0 Å². The van der Waals surface area contributed by atoms with E-state index < -0.39 is 35.7 Å². The molecule has 0 aliphatic carbocycles. The van der Waals surface area contributed by atoms with Gasteiger partial charge in [-0.2, -0.15) is 0 Å². The van der Waals surface area contributed by atoms with E-state index >= 15 is 0 Å². The Balaban J connectivity index is 2.88. The van der Waals surface area contributed by atoms with E-state index in [9.17, 15) is 14.4 Å². The Morgan fingerprint density at radius 2 is 1.70 bits per heavy atom. The minimum atomic E-state index is -1.44. The van der Waals surface area contributed by atoms with E-state index in [-0.39, 0.29) is 0 Å². The number of hydrogen-bond donors (Lipinski definition) is 3. The number of hydrogen-bond acceptors (Lipinski definition) is 3. The van der Waals surface area contributed by atoms with Crippen LogP contribution >= 0.6 is 0 Å². The third-order valence-corrected chi connectivity index (χ3v) is 3.05. The molecule has 0 saturated carbocycles. The van der Waals surface area contributed by atoms with Crippen LogP contribution in [0.4, 0.5) is 0 Å². The predicted molar refractivity (Wildman–Crippen MR) is 71.3 cm³/mol. The molecule has 0 radical (unpaired) electrons. The van der Waals surface area contributed by atoms with Crippen LogP contribution in [0.5, 0.6) is 0 Å². The zero-order valence-electron chi connectivity index (χ0n) is 11.3. The molecule has 1 aromatic rings. The zero-order chi connectivity index (χ0) is 15.3. The molecule has 0 saturated heterocycles. The molecular weight excluding hydrogens is 262 g/mol. The van der Waals surface area contributed by atoms with Gasteiger partial charge >= 0.3 is 11.9 Å². The molecule has 0 aliphatic heterocycles. The number of nitrogens with one attached hydrogen (secondary N) is 1. The second-order valence-corrected chi connectivity index (χ2v) is 4.95. The van der Waals surface area contributed by atoms with Crippen molar-refractivity contribution in [2.24, 2.45) is 0 Å². The summed E-state index contributed by atoms with van der Waals surface area (Å²) in [5, 5.41) is 19.8. The number of benzene rings is 1. The lowest BCUT2D eigenvalue weighted by Gasteiger charge is -2.26. The van der Waals surface area contributed by atoms with Crippen molar-refractivity contribution < 1.29 is 24.6 Å². The van der Waals surface area contributed by atoms with E-state index in [2.05, 4.69) is 5.32 Å². The van der Waals surface area contributed by atoms with Crippen LogP contribution in [-0.2, 0) is 19.8 Å². The maximum atomic E-state index is 12.2. The lowest BCUT2D eigenvalue weighted by atomic mass is 9.83. The number of amides is 1. The molecule has 6 heteroatoms. The number of carboxylic acids is 2. The van der Waals surface area contributed by atoms with Gasteiger partial charge in [-0.25, -0.2) is 4.79 Å². The van der Waals surface area contributed by atoms with Crippen molar-refractivity contribution in [3.05, 3.63) is 35.9 Å². The summed E-state index contributed by atoms with van der Waals surface area (Å²) in [5.74, 6) is -3.18. The number of carbonyl (C=O) groups is 3. The van der Waals surface area contributed by atoms with Gasteiger partial charge in [0.05, 0.1) is 11.8 Å². The first kappa shape index (κ1) is 15.7. The van der Waals surface area contributed by atoms with Gasteiger partial charge in [-0.3, -0.25) is 9.59 Å². The van der Waals surface area contributed by atoms with Crippen LogP contribution in [0.15, 0.2) is 30.3 Å². The van der Waals surface area contributed by atoms with Crippen molar-refractivity contribution in [1.29, 1.82) is 0 Å². The average molecular weight is 279 g/mol. The first-order chi connectivity index (χ1) is 9.25. The van der Waals surface area contributed by atoms with Crippen LogP contribution in [0.3, 0.4) is 0 Å². The normalized spacial score (nSPS) is 12.5. The largest absolute Gasteiger partial charge is 0.481 e. The summed E-state index contributed by atoms with van der Waals surface area (Å²) in [6, 6.07) is 7.43. The van der Waals surface area contributed by atoms with Gasteiger partial charge in [0, 0.05) is 0 Å². The van der Waals surface area contributed by atoms with Crippen LogP contribution in [-0.4, -0.2) is 34.1 Å². The Labute approximate surface area is 116 Å². The minimum absolute atomic E-state index is 0.530. The topological polar surface area (TPSA) is 104 Å². The molecule has 1 unspecified atom stereocenters. The Bertz CT molecular complexity index is 510. The van der Waals surface area contributed by atoms with Gasteiger partial charge in [0.25, 0.3) is 0 Å². The Morgan fingerprint density at radius 3 is 2.15 bits per heavy atom. The third-order valence-electron chi connectivity index (χ3n) is 3.05. The number of aliphatic carboxylic acids is 2. The lowest BCUT2D eigenvalue weighted by Crippen LogP contribution is -2.49. The van der Waals surface area contributed by atoms with Crippen molar-refractivity contribution in [2.75, 3.05) is 0 Å². The molecule has 0 aromatic heterocycles. The third kappa shape index (κ3) is 3.81. The van der Waals surface area contributed by atoms with Crippen molar-refractivity contribution in [3.63, 3.8) is 0 Å². The summed E-state index contributed by atoms with van der Waals surface area (Å²) in [6.45, 7) is 3.30. The summed E-state index contributed by atoms with van der Waals surface area (Å²) in [5.41, 5.74) is -0.232. The van der Waals surface area contributed by atoms with Crippen molar-refractivity contribution in [3.8, 4) is 0 Å². The van der Waals surface area contributed by atoms with Crippen molar-refractivity contribution in [2.45, 2.75) is 31.7 Å². The first-order valence-corrected chi connectivity index (χ1v) is 6.06. The molecular formula is C14H17NO5. The minimum Gasteiger partial charge on any atom is -0.481 e. The molecule has 1 rings (SSSR count). The van der Waals surface area contributed by atoms with E-state index in [0.29, 0.717) is 0 Å². The van der Waals surface area contributed by atoms with E-state index in [1.54, 1.807) is 38.1 Å². The SMILES string of the molecule is CC(C)(C(=O)NC(CC(=O)O)C(=O)O)c1ccccc1. The standard InChI is InChI=1S/C14H17NO5/c1-14(2,9-6-4-3-5-7-9)13(20)15-10(12(18)19)8-11(16)17/h3-7,10H,8H2,1-2H3,(H,15,20)(H,16,17)(H,18,19). The fourth-order valence-electron chi connectivity index (χ4n) is 1.70. The monoisotopic (exact) mass is 279 g/mol. The first-order valence-electron chi connectivity index (χ1n) is 6.06. The van der Waals surface area contributed by atoms with Gasteiger partial charge in [-0.15, -0.1) is 0 Å². The van der Waals surface area contributed by atoms with Gasteiger partial charge in [0.15, 0.2) is 0 Å². The van der Waals surface area contributed by atoms with Crippen LogP contribution < -0.4 is 5.32 Å². The van der Waals surface area contributed by atoms with Crippen LogP contribution in [0.1, 0.15) is 25.8 Å². The molecule has 0 heterocycles. The molecule has 0 aliphatic rings. The fraction of sp³-hybridized carbons (Fsp3) is 0.357. The van der Waals surface area contributed by atoms with Crippen molar-refractivity contribution in [1.82, 2.24) is 5.32 Å². The molecule has 108 valence electrons. The highest BCUT2D eigenvalue weighted by Crippen LogP contribution is 2.23. The highest BCUT2D eigenvalue weighted by Gasteiger charge is 2.33. The van der Waals surface area contributed by atoms with Gasteiger partial charge in [0.1, 0.15) is 6.04 Å². The summed E-state index contributed by atoms with van der Waals surface area (Å²) in [7, 11) is 0.